The fourth-order valence-electron chi connectivity index (χ4n) is 2.85. The van der Waals surface area contributed by atoms with Crippen molar-refractivity contribution < 1.29 is 4.79 Å². The SMILES string of the molecule is CCCC(C)(C)C1CCC(C)CC1=O. The molecule has 2 atom stereocenters. The van der Waals surface area contributed by atoms with Gasteiger partial charge in [-0.05, 0) is 30.6 Å². The molecule has 0 aromatic carbocycles. The molecule has 0 aromatic rings. The lowest BCUT2D eigenvalue weighted by atomic mass is 9.66. The van der Waals surface area contributed by atoms with Crippen LogP contribution < -0.4 is 0 Å². The molecule has 0 bridgehead atoms. The van der Waals surface area contributed by atoms with Crippen LogP contribution in [0.2, 0.25) is 0 Å². The summed E-state index contributed by atoms with van der Waals surface area (Å²) < 4.78 is 0. The molecular weight excluding hydrogens is 172 g/mol. The van der Waals surface area contributed by atoms with E-state index in [-0.39, 0.29) is 5.41 Å². The summed E-state index contributed by atoms with van der Waals surface area (Å²) in [4.78, 5) is 11.9. The highest BCUT2D eigenvalue weighted by atomic mass is 16.1. The van der Waals surface area contributed by atoms with E-state index in [0.29, 0.717) is 17.6 Å². The lowest BCUT2D eigenvalue weighted by Crippen LogP contribution is -2.35. The van der Waals surface area contributed by atoms with Gasteiger partial charge in [0.05, 0.1) is 0 Å². The van der Waals surface area contributed by atoms with Crippen LogP contribution in [0, 0.1) is 17.3 Å². The van der Waals surface area contributed by atoms with Gasteiger partial charge in [0, 0.05) is 12.3 Å². The molecular formula is C13H24O. The summed E-state index contributed by atoms with van der Waals surface area (Å²) in [6.07, 6.45) is 5.54. The molecule has 0 spiro atoms. The maximum atomic E-state index is 11.9. The van der Waals surface area contributed by atoms with Gasteiger partial charge in [0.2, 0.25) is 0 Å². The highest BCUT2D eigenvalue weighted by molar-refractivity contribution is 5.82. The molecule has 0 aliphatic heterocycles. The van der Waals surface area contributed by atoms with E-state index in [9.17, 15) is 4.79 Å². The number of Topliss-reactive ketones (excluding diaryl/α,β-unsaturated/α-hetero) is 1. The Morgan fingerprint density at radius 1 is 1.36 bits per heavy atom. The van der Waals surface area contributed by atoms with Crippen LogP contribution in [-0.4, -0.2) is 5.78 Å². The van der Waals surface area contributed by atoms with E-state index in [1.54, 1.807) is 0 Å². The minimum Gasteiger partial charge on any atom is -0.299 e. The zero-order valence-corrected chi connectivity index (χ0v) is 10.1. The van der Waals surface area contributed by atoms with Crippen molar-refractivity contribution in [1.82, 2.24) is 0 Å². The molecule has 14 heavy (non-hydrogen) atoms. The summed E-state index contributed by atoms with van der Waals surface area (Å²) in [5.74, 6) is 1.47. The van der Waals surface area contributed by atoms with E-state index < -0.39 is 0 Å². The summed E-state index contributed by atoms with van der Waals surface area (Å²) in [7, 11) is 0. The Labute approximate surface area is 88.3 Å². The molecule has 1 saturated carbocycles. The van der Waals surface area contributed by atoms with Gasteiger partial charge in [0.15, 0.2) is 0 Å². The van der Waals surface area contributed by atoms with Crippen molar-refractivity contribution in [2.45, 2.75) is 59.8 Å². The van der Waals surface area contributed by atoms with Gasteiger partial charge in [-0.25, -0.2) is 0 Å². The van der Waals surface area contributed by atoms with Gasteiger partial charge in [-0.15, -0.1) is 0 Å². The topological polar surface area (TPSA) is 17.1 Å². The fraction of sp³-hybridized carbons (Fsp3) is 0.923. The minimum atomic E-state index is 0.228. The summed E-state index contributed by atoms with van der Waals surface area (Å²) in [5.41, 5.74) is 0.228. The van der Waals surface area contributed by atoms with E-state index in [0.717, 1.165) is 12.8 Å². The van der Waals surface area contributed by atoms with Gasteiger partial charge in [-0.2, -0.15) is 0 Å². The Morgan fingerprint density at radius 3 is 2.50 bits per heavy atom. The normalized spacial score (nSPS) is 29.3. The van der Waals surface area contributed by atoms with Crippen molar-refractivity contribution in [2.75, 3.05) is 0 Å². The third kappa shape index (κ3) is 2.59. The first-order valence-electron chi connectivity index (χ1n) is 6.00. The van der Waals surface area contributed by atoms with Crippen LogP contribution in [0.5, 0.6) is 0 Å². The first kappa shape index (κ1) is 11.7. The third-order valence-corrected chi connectivity index (χ3v) is 3.72. The van der Waals surface area contributed by atoms with Gasteiger partial charge < -0.3 is 0 Å². The maximum absolute atomic E-state index is 11.9. The largest absolute Gasteiger partial charge is 0.299 e. The minimum absolute atomic E-state index is 0.228. The van der Waals surface area contributed by atoms with E-state index in [1.807, 2.05) is 0 Å². The van der Waals surface area contributed by atoms with Crippen molar-refractivity contribution in [3.63, 3.8) is 0 Å². The fourth-order valence-corrected chi connectivity index (χ4v) is 2.85. The Bertz CT molecular complexity index is 205. The number of hydrogen-bond acceptors (Lipinski definition) is 1. The molecule has 2 unspecified atom stereocenters. The standard InChI is InChI=1S/C13H24O/c1-5-8-13(3,4)11-7-6-10(2)9-12(11)14/h10-11H,5-9H2,1-4H3. The highest BCUT2D eigenvalue weighted by Crippen LogP contribution is 2.40. The number of carbonyl (C=O) groups is 1. The second-order valence-electron chi connectivity index (χ2n) is 5.64. The van der Waals surface area contributed by atoms with Crippen molar-refractivity contribution in [2.24, 2.45) is 17.3 Å². The number of ketones is 1. The summed E-state index contributed by atoms with van der Waals surface area (Å²) in [5, 5.41) is 0. The molecule has 0 heterocycles. The van der Waals surface area contributed by atoms with Crippen molar-refractivity contribution in [3.05, 3.63) is 0 Å². The predicted molar refractivity (Wildman–Crippen MR) is 60.2 cm³/mol. The smallest absolute Gasteiger partial charge is 0.136 e. The summed E-state index contributed by atoms with van der Waals surface area (Å²) in [6, 6.07) is 0. The van der Waals surface area contributed by atoms with Crippen LogP contribution in [0.3, 0.4) is 0 Å². The molecule has 0 N–H and O–H groups in total. The first-order chi connectivity index (χ1) is 6.47. The maximum Gasteiger partial charge on any atom is 0.136 e. The van der Waals surface area contributed by atoms with Crippen molar-refractivity contribution in [3.8, 4) is 0 Å². The van der Waals surface area contributed by atoms with Gasteiger partial charge in [0.1, 0.15) is 5.78 Å². The second-order valence-corrected chi connectivity index (χ2v) is 5.64. The molecule has 1 fully saturated rings. The monoisotopic (exact) mass is 196 g/mol. The average molecular weight is 196 g/mol. The Kier molecular flexibility index (Phi) is 3.74. The zero-order chi connectivity index (χ0) is 10.8. The summed E-state index contributed by atoms with van der Waals surface area (Å²) in [6.45, 7) is 8.92. The lowest BCUT2D eigenvalue weighted by molar-refractivity contribution is -0.130. The average Bonchev–Trinajstić information content (AvgIpc) is 2.02. The molecule has 1 aliphatic carbocycles. The molecule has 1 aliphatic rings. The molecule has 1 heteroatoms. The Hall–Kier alpha value is -0.330. The van der Waals surface area contributed by atoms with Crippen LogP contribution in [0.4, 0.5) is 0 Å². The van der Waals surface area contributed by atoms with Crippen LogP contribution in [0.25, 0.3) is 0 Å². The van der Waals surface area contributed by atoms with Crippen molar-refractivity contribution >= 4 is 5.78 Å². The molecule has 82 valence electrons. The Morgan fingerprint density at radius 2 is 2.00 bits per heavy atom. The van der Waals surface area contributed by atoms with Crippen molar-refractivity contribution in [1.29, 1.82) is 0 Å². The van der Waals surface area contributed by atoms with Gasteiger partial charge in [-0.3, -0.25) is 4.79 Å². The van der Waals surface area contributed by atoms with Crippen LogP contribution >= 0.6 is 0 Å². The quantitative estimate of drug-likeness (QED) is 0.670. The van der Waals surface area contributed by atoms with Gasteiger partial charge in [0.25, 0.3) is 0 Å². The molecule has 1 nitrogen and oxygen atoms in total. The Balaban J connectivity index is 2.63. The predicted octanol–water partition coefficient (Wildman–Crippen LogP) is 3.82. The van der Waals surface area contributed by atoms with Gasteiger partial charge in [-0.1, -0.05) is 34.1 Å². The second kappa shape index (κ2) is 4.46. The van der Waals surface area contributed by atoms with Gasteiger partial charge >= 0.3 is 0 Å². The summed E-state index contributed by atoms with van der Waals surface area (Å²) >= 11 is 0. The van der Waals surface area contributed by atoms with E-state index in [2.05, 4.69) is 27.7 Å². The first-order valence-corrected chi connectivity index (χ1v) is 6.00. The molecule has 1 rings (SSSR count). The number of carbonyl (C=O) groups excluding carboxylic acids is 1. The van der Waals surface area contributed by atoms with Crippen LogP contribution in [0.1, 0.15) is 59.8 Å². The number of rotatable bonds is 3. The van der Waals surface area contributed by atoms with E-state index >= 15 is 0 Å². The van der Waals surface area contributed by atoms with E-state index in [1.165, 1.54) is 19.3 Å². The molecule has 0 aromatic heterocycles. The molecule has 0 radical (unpaired) electrons. The lowest BCUT2D eigenvalue weighted by Gasteiger charge is -2.37. The number of hydrogen-bond donors (Lipinski definition) is 0. The highest BCUT2D eigenvalue weighted by Gasteiger charge is 2.37. The van der Waals surface area contributed by atoms with E-state index in [4.69, 9.17) is 0 Å². The van der Waals surface area contributed by atoms with Crippen LogP contribution in [-0.2, 0) is 4.79 Å². The zero-order valence-electron chi connectivity index (χ0n) is 10.1. The third-order valence-electron chi connectivity index (χ3n) is 3.72. The van der Waals surface area contributed by atoms with Crippen LogP contribution in [0.15, 0.2) is 0 Å². The molecule has 0 amide bonds. The molecule has 0 saturated heterocycles.